The van der Waals surface area contributed by atoms with Crippen LogP contribution in [0.2, 0.25) is 0 Å². The lowest BCUT2D eigenvalue weighted by molar-refractivity contribution is -0.137. The number of hydrogen-bond acceptors (Lipinski definition) is 2. The molecule has 30 heavy (non-hydrogen) atoms. The van der Waals surface area contributed by atoms with Crippen molar-refractivity contribution < 1.29 is 22.8 Å². The molecule has 1 aliphatic carbocycles. The molecule has 0 radical (unpaired) electrons. The van der Waals surface area contributed by atoms with E-state index in [0.29, 0.717) is 16.8 Å². The molecule has 160 valence electrons. The van der Waals surface area contributed by atoms with Gasteiger partial charge < -0.3 is 16.0 Å². The van der Waals surface area contributed by atoms with Gasteiger partial charge in [-0.2, -0.15) is 13.2 Å². The highest BCUT2D eigenvalue weighted by atomic mass is 19.4. The van der Waals surface area contributed by atoms with Gasteiger partial charge in [0, 0.05) is 29.3 Å². The average molecular weight is 419 g/mol. The van der Waals surface area contributed by atoms with Gasteiger partial charge in [0.25, 0.3) is 5.91 Å². The minimum Gasteiger partial charge on any atom is -0.351 e. The molecule has 0 aromatic heterocycles. The van der Waals surface area contributed by atoms with Gasteiger partial charge in [-0.05, 0) is 48.7 Å². The number of carbonyl (C=O) groups is 2. The summed E-state index contributed by atoms with van der Waals surface area (Å²) in [5.41, 5.74) is 0.0308. The van der Waals surface area contributed by atoms with Gasteiger partial charge in [0.15, 0.2) is 0 Å². The summed E-state index contributed by atoms with van der Waals surface area (Å²) in [7, 11) is 0. The Bertz CT molecular complexity index is 920. The molecule has 1 aliphatic rings. The lowest BCUT2D eigenvalue weighted by Crippen LogP contribution is -2.36. The van der Waals surface area contributed by atoms with Gasteiger partial charge in [-0.3, -0.25) is 4.79 Å². The van der Waals surface area contributed by atoms with Crippen molar-refractivity contribution in [3.8, 4) is 0 Å². The predicted octanol–water partition coefficient (Wildman–Crippen LogP) is 4.70. The lowest BCUT2D eigenvalue weighted by Gasteiger charge is -2.26. The molecule has 8 heteroatoms. The fourth-order valence-electron chi connectivity index (χ4n) is 2.91. The van der Waals surface area contributed by atoms with Crippen LogP contribution in [-0.2, 0) is 11.6 Å². The Morgan fingerprint density at radius 2 is 1.63 bits per heavy atom. The smallest absolute Gasteiger partial charge is 0.351 e. The normalized spacial score (nSPS) is 14.2. The number of rotatable bonds is 6. The number of anilines is 1. The number of hydrogen-bond donors (Lipinski definition) is 3. The first-order valence-electron chi connectivity index (χ1n) is 9.68. The summed E-state index contributed by atoms with van der Waals surface area (Å²) < 4.78 is 38.9. The highest BCUT2D eigenvalue weighted by Crippen LogP contribution is 2.32. The zero-order valence-corrected chi connectivity index (χ0v) is 16.8. The standard InChI is InChI=1S/C22H24F3N3O2/c1-21(2,15-4-3-5-16(12-15)22(23,24)25)13-26-19(29)14-6-8-17(9-7-14)27-20(30)28-18-10-11-18/h3-9,12,18H,10-11,13H2,1-2H3,(H,26,29)(H2,27,28,30). The molecule has 3 amide bonds. The van der Waals surface area contributed by atoms with Crippen LogP contribution in [0.4, 0.5) is 23.7 Å². The minimum absolute atomic E-state index is 0.164. The van der Waals surface area contributed by atoms with E-state index in [-0.39, 0.29) is 24.5 Å². The number of benzene rings is 2. The molecule has 0 bridgehead atoms. The van der Waals surface area contributed by atoms with Gasteiger partial charge in [0.05, 0.1) is 5.56 Å². The van der Waals surface area contributed by atoms with E-state index in [1.54, 1.807) is 44.2 Å². The molecule has 0 unspecified atom stereocenters. The van der Waals surface area contributed by atoms with Crippen LogP contribution in [0.3, 0.4) is 0 Å². The third kappa shape index (κ3) is 5.75. The molecule has 0 atom stereocenters. The molecule has 5 nitrogen and oxygen atoms in total. The third-order valence-electron chi connectivity index (χ3n) is 4.98. The Morgan fingerprint density at radius 3 is 2.23 bits per heavy atom. The fourth-order valence-corrected chi connectivity index (χ4v) is 2.91. The van der Waals surface area contributed by atoms with Crippen LogP contribution in [-0.4, -0.2) is 24.5 Å². The molecule has 0 heterocycles. The van der Waals surface area contributed by atoms with Crippen molar-refractivity contribution in [1.82, 2.24) is 10.6 Å². The molecular formula is C22H24F3N3O2. The second kappa shape index (κ2) is 8.38. The summed E-state index contributed by atoms with van der Waals surface area (Å²) in [5, 5.41) is 8.28. The Balaban J connectivity index is 1.58. The van der Waals surface area contributed by atoms with Crippen molar-refractivity contribution >= 4 is 17.6 Å². The molecule has 0 spiro atoms. The highest BCUT2D eigenvalue weighted by molar-refractivity contribution is 5.95. The summed E-state index contributed by atoms with van der Waals surface area (Å²) >= 11 is 0. The van der Waals surface area contributed by atoms with Crippen LogP contribution in [0.5, 0.6) is 0 Å². The summed E-state index contributed by atoms with van der Waals surface area (Å²) in [4.78, 5) is 24.2. The second-order valence-corrected chi connectivity index (χ2v) is 8.10. The molecule has 0 aliphatic heterocycles. The van der Waals surface area contributed by atoms with Gasteiger partial charge in [0.1, 0.15) is 0 Å². The van der Waals surface area contributed by atoms with E-state index in [2.05, 4.69) is 16.0 Å². The summed E-state index contributed by atoms with van der Waals surface area (Å²) in [6.45, 7) is 3.71. The van der Waals surface area contributed by atoms with Crippen molar-refractivity contribution in [3.05, 3.63) is 65.2 Å². The van der Waals surface area contributed by atoms with Gasteiger partial charge >= 0.3 is 12.2 Å². The van der Waals surface area contributed by atoms with Gasteiger partial charge in [-0.1, -0.05) is 32.0 Å². The first-order valence-corrected chi connectivity index (χ1v) is 9.68. The largest absolute Gasteiger partial charge is 0.416 e. The van der Waals surface area contributed by atoms with Gasteiger partial charge in [0.2, 0.25) is 0 Å². The first kappa shape index (κ1) is 21.7. The first-order chi connectivity index (χ1) is 14.0. The van der Waals surface area contributed by atoms with E-state index in [9.17, 15) is 22.8 Å². The number of alkyl halides is 3. The molecule has 0 saturated heterocycles. The van der Waals surface area contributed by atoms with Crippen molar-refractivity contribution in [1.29, 1.82) is 0 Å². The van der Waals surface area contributed by atoms with Crippen LogP contribution in [0.25, 0.3) is 0 Å². The molecular weight excluding hydrogens is 395 g/mol. The topological polar surface area (TPSA) is 70.2 Å². The maximum Gasteiger partial charge on any atom is 0.416 e. The van der Waals surface area contributed by atoms with Crippen molar-refractivity contribution in [2.75, 3.05) is 11.9 Å². The van der Waals surface area contributed by atoms with Crippen LogP contribution < -0.4 is 16.0 Å². The van der Waals surface area contributed by atoms with E-state index in [4.69, 9.17) is 0 Å². The Labute approximate surface area is 173 Å². The maximum absolute atomic E-state index is 13.0. The van der Waals surface area contributed by atoms with Gasteiger partial charge in [-0.25, -0.2) is 4.79 Å². The van der Waals surface area contributed by atoms with Crippen molar-refractivity contribution in [2.24, 2.45) is 0 Å². The van der Waals surface area contributed by atoms with Crippen molar-refractivity contribution in [3.63, 3.8) is 0 Å². The molecule has 3 N–H and O–H groups in total. The number of nitrogens with one attached hydrogen (secondary N) is 3. The predicted molar refractivity (Wildman–Crippen MR) is 108 cm³/mol. The molecule has 1 fully saturated rings. The molecule has 3 rings (SSSR count). The zero-order chi connectivity index (χ0) is 21.9. The number of halogens is 3. The fraction of sp³-hybridized carbons (Fsp3) is 0.364. The Kier molecular flexibility index (Phi) is 6.05. The summed E-state index contributed by atoms with van der Waals surface area (Å²) in [6, 6.07) is 11.5. The maximum atomic E-state index is 13.0. The number of amides is 3. The van der Waals surface area contributed by atoms with Crippen LogP contribution >= 0.6 is 0 Å². The molecule has 2 aromatic carbocycles. The van der Waals surface area contributed by atoms with Crippen LogP contribution in [0, 0.1) is 0 Å². The summed E-state index contributed by atoms with van der Waals surface area (Å²) in [6.07, 6.45) is -2.44. The van der Waals surface area contributed by atoms with Crippen LogP contribution in [0.15, 0.2) is 48.5 Å². The molecule has 1 saturated carbocycles. The third-order valence-corrected chi connectivity index (χ3v) is 4.98. The Morgan fingerprint density at radius 1 is 1.00 bits per heavy atom. The summed E-state index contributed by atoms with van der Waals surface area (Å²) in [5.74, 6) is -0.343. The SMILES string of the molecule is CC(C)(CNC(=O)c1ccc(NC(=O)NC2CC2)cc1)c1cccc(C(F)(F)F)c1. The number of carbonyl (C=O) groups excluding carboxylic acids is 2. The monoisotopic (exact) mass is 419 g/mol. The van der Waals surface area contributed by atoms with E-state index in [1.807, 2.05) is 0 Å². The zero-order valence-electron chi connectivity index (χ0n) is 16.8. The highest BCUT2D eigenvalue weighted by Gasteiger charge is 2.32. The second-order valence-electron chi connectivity index (χ2n) is 8.10. The quantitative estimate of drug-likeness (QED) is 0.635. The Hall–Kier alpha value is -3.03. The van der Waals surface area contributed by atoms with E-state index in [1.165, 1.54) is 6.07 Å². The van der Waals surface area contributed by atoms with E-state index >= 15 is 0 Å². The number of urea groups is 1. The van der Waals surface area contributed by atoms with Crippen molar-refractivity contribution in [2.45, 2.75) is 44.3 Å². The van der Waals surface area contributed by atoms with Crippen LogP contribution in [0.1, 0.15) is 48.2 Å². The lowest BCUT2D eigenvalue weighted by atomic mass is 9.83. The minimum atomic E-state index is -4.42. The van der Waals surface area contributed by atoms with E-state index < -0.39 is 17.2 Å². The van der Waals surface area contributed by atoms with E-state index in [0.717, 1.165) is 25.0 Å². The average Bonchev–Trinajstić information content (AvgIpc) is 3.50. The molecule has 2 aromatic rings. The van der Waals surface area contributed by atoms with Gasteiger partial charge in [-0.15, -0.1) is 0 Å².